The highest BCUT2D eigenvalue weighted by Gasteiger charge is 2.15. The van der Waals surface area contributed by atoms with Crippen molar-refractivity contribution in [3.8, 4) is 16.9 Å². The van der Waals surface area contributed by atoms with Crippen LogP contribution in [0.3, 0.4) is 0 Å². The summed E-state index contributed by atoms with van der Waals surface area (Å²) in [7, 11) is 0. The molecule has 1 fully saturated rings. The Labute approximate surface area is 156 Å². The highest BCUT2D eigenvalue weighted by Crippen LogP contribution is 2.21. The summed E-state index contributed by atoms with van der Waals surface area (Å²) in [6, 6.07) is 11.7. The van der Waals surface area contributed by atoms with Gasteiger partial charge in [-0.25, -0.2) is 0 Å². The average Bonchev–Trinajstić information content (AvgIpc) is 2.66. The minimum absolute atomic E-state index is 0.0392. The van der Waals surface area contributed by atoms with E-state index in [9.17, 15) is 4.79 Å². The summed E-state index contributed by atoms with van der Waals surface area (Å²) >= 11 is 0. The fourth-order valence-electron chi connectivity index (χ4n) is 3.66. The molecule has 0 N–H and O–H groups in total. The van der Waals surface area contributed by atoms with Gasteiger partial charge in [-0.1, -0.05) is 19.1 Å². The number of pyridine rings is 1. The molecule has 1 atom stereocenters. The van der Waals surface area contributed by atoms with Crippen LogP contribution >= 0.6 is 0 Å². The van der Waals surface area contributed by atoms with Crippen molar-refractivity contribution >= 4 is 0 Å². The van der Waals surface area contributed by atoms with Crippen molar-refractivity contribution < 1.29 is 4.74 Å². The summed E-state index contributed by atoms with van der Waals surface area (Å²) in [5, 5.41) is 0. The van der Waals surface area contributed by atoms with Crippen molar-refractivity contribution in [1.29, 1.82) is 0 Å². The second-order valence-corrected chi connectivity index (χ2v) is 7.31. The van der Waals surface area contributed by atoms with Gasteiger partial charge in [-0.2, -0.15) is 0 Å². The Morgan fingerprint density at radius 2 is 1.96 bits per heavy atom. The Morgan fingerprint density at radius 1 is 1.15 bits per heavy atom. The van der Waals surface area contributed by atoms with Gasteiger partial charge in [0.1, 0.15) is 5.75 Å². The molecular formula is C22H30N2O2. The maximum atomic E-state index is 12.0. The summed E-state index contributed by atoms with van der Waals surface area (Å²) in [6.45, 7) is 9.34. The molecule has 4 nitrogen and oxygen atoms in total. The van der Waals surface area contributed by atoms with Crippen molar-refractivity contribution in [2.75, 3.05) is 26.2 Å². The smallest absolute Gasteiger partial charge is 0.251 e. The highest BCUT2D eigenvalue weighted by atomic mass is 16.5. The fraction of sp³-hybridized carbons (Fsp3) is 0.500. The molecule has 0 spiro atoms. The predicted molar refractivity (Wildman–Crippen MR) is 107 cm³/mol. The number of hydrogen-bond donors (Lipinski definition) is 0. The first-order valence-electron chi connectivity index (χ1n) is 9.82. The van der Waals surface area contributed by atoms with Gasteiger partial charge in [0, 0.05) is 31.9 Å². The van der Waals surface area contributed by atoms with E-state index in [1.54, 1.807) is 10.6 Å². The van der Waals surface area contributed by atoms with Crippen molar-refractivity contribution in [2.45, 2.75) is 39.7 Å². The van der Waals surface area contributed by atoms with Gasteiger partial charge >= 0.3 is 0 Å². The van der Waals surface area contributed by atoms with Crippen LogP contribution in [0.15, 0.2) is 47.4 Å². The molecule has 2 aromatic rings. The van der Waals surface area contributed by atoms with E-state index >= 15 is 0 Å². The third-order valence-electron chi connectivity index (χ3n) is 5.15. The lowest BCUT2D eigenvalue weighted by atomic mass is 10.0. The monoisotopic (exact) mass is 354 g/mol. The van der Waals surface area contributed by atoms with Crippen molar-refractivity contribution in [3.05, 3.63) is 52.9 Å². The standard InChI is InChI=1S/C22H30N2O2/c1-3-24-14-11-20(16-22(24)25)19-7-9-21(10-8-19)26-15-5-13-23-12-4-6-18(2)17-23/h7-11,14,16,18H,3-6,12-13,15,17H2,1-2H3/t18-/m1/s1. The SMILES string of the molecule is CCn1ccc(-c2ccc(OCCCN3CCC[C@@H](C)C3)cc2)cc1=O. The molecule has 3 rings (SSSR count). The van der Waals surface area contributed by atoms with E-state index in [0.717, 1.165) is 42.4 Å². The molecule has 2 heterocycles. The molecule has 1 saturated heterocycles. The Hall–Kier alpha value is -2.07. The molecule has 1 aliphatic heterocycles. The topological polar surface area (TPSA) is 34.5 Å². The maximum absolute atomic E-state index is 12.0. The van der Waals surface area contributed by atoms with Crippen LogP contribution in [0.2, 0.25) is 0 Å². The lowest BCUT2D eigenvalue weighted by Crippen LogP contribution is -2.35. The first-order chi connectivity index (χ1) is 12.7. The Kier molecular flexibility index (Phi) is 6.51. The summed E-state index contributed by atoms with van der Waals surface area (Å²) in [6.07, 6.45) is 5.60. The molecule has 0 saturated carbocycles. The van der Waals surface area contributed by atoms with Crippen LogP contribution in [0.1, 0.15) is 33.1 Å². The highest BCUT2D eigenvalue weighted by molar-refractivity contribution is 5.63. The maximum Gasteiger partial charge on any atom is 0.251 e. The van der Waals surface area contributed by atoms with Crippen LogP contribution in [0.4, 0.5) is 0 Å². The van der Waals surface area contributed by atoms with Gasteiger partial charge in [-0.05, 0) is 68.0 Å². The number of aromatic nitrogens is 1. The second kappa shape index (κ2) is 9.04. The van der Waals surface area contributed by atoms with Gasteiger partial charge < -0.3 is 14.2 Å². The van der Waals surface area contributed by atoms with Crippen LogP contribution in [-0.2, 0) is 6.54 Å². The van der Waals surface area contributed by atoms with Gasteiger partial charge in [-0.3, -0.25) is 4.79 Å². The van der Waals surface area contributed by atoms with Gasteiger partial charge in [0.05, 0.1) is 6.61 Å². The first-order valence-corrected chi connectivity index (χ1v) is 9.82. The van der Waals surface area contributed by atoms with Crippen molar-refractivity contribution in [3.63, 3.8) is 0 Å². The summed E-state index contributed by atoms with van der Waals surface area (Å²) in [4.78, 5) is 14.5. The number of piperidine rings is 1. The molecule has 1 aromatic heterocycles. The van der Waals surface area contributed by atoms with Crippen LogP contribution in [0.25, 0.3) is 11.1 Å². The number of aryl methyl sites for hydroxylation is 1. The number of hydrogen-bond acceptors (Lipinski definition) is 3. The van der Waals surface area contributed by atoms with E-state index in [2.05, 4.69) is 11.8 Å². The third-order valence-corrected chi connectivity index (χ3v) is 5.15. The van der Waals surface area contributed by atoms with E-state index in [-0.39, 0.29) is 5.56 Å². The van der Waals surface area contributed by atoms with Gasteiger partial charge in [0.2, 0.25) is 0 Å². The zero-order chi connectivity index (χ0) is 18.4. The molecule has 140 valence electrons. The Bertz CT molecular complexity index is 751. The van der Waals surface area contributed by atoms with E-state index in [4.69, 9.17) is 4.74 Å². The summed E-state index contributed by atoms with van der Waals surface area (Å²) < 4.78 is 7.58. The fourth-order valence-corrected chi connectivity index (χ4v) is 3.66. The van der Waals surface area contributed by atoms with Crippen LogP contribution < -0.4 is 10.3 Å². The molecular weight excluding hydrogens is 324 g/mol. The van der Waals surface area contributed by atoms with Gasteiger partial charge in [0.15, 0.2) is 0 Å². The molecule has 0 bridgehead atoms. The Balaban J connectivity index is 1.48. The van der Waals surface area contributed by atoms with E-state index in [0.29, 0.717) is 6.54 Å². The normalized spacial score (nSPS) is 18.0. The third kappa shape index (κ3) is 4.98. The molecule has 0 amide bonds. The summed E-state index contributed by atoms with van der Waals surface area (Å²) in [5.74, 6) is 1.72. The number of benzene rings is 1. The van der Waals surface area contributed by atoms with Crippen molar-refractivity contribution in [2.24, 2.45) is 5.92 Å². The molecule has 0 radical (unpaired) electrons. The molecule has 1 aliphatic rings. The average molecular weight is 354 g/mol. The van der Waals surface area contributed by atoms with Gasteiger partial charge in [0.25, 0.3) is 5.56 Å². The van der Waals surface area contributed by atoms with Crippen LogP contribution in [0.5, 0.6) is 5.75 Å². The molecule has 1 aromatic carbocycles. The van der Waals surface area contributed by atoms with E-state index in [1.165, 1.54) is 25.9 Å². The zero-order valence-electron chi connectivity index (χ0n) is 16.0. The molecule has 26 heavy (non-hydrogen) atoms. The second-order valence-electron chi connectivity index (χ2n) is 7.31. The quantitative estimate of drug-likeness (QED) is 0.704. The minimum atomic E-state index is 0.0392. The number of nitrogens with zero attached hydrogens (tertiary/aromatic N) is 2. The van der Waals surface area contributed by atoms with E-state index in [1.807, 2.05) is 43.5 Å². The van der Waals surface area contributed by atoms with Gasteiger partial charge in [-0.15, -0.1) is 0 Å². The van der Waals surface area contributed by atoms with Crippen molar-refractivity contribution in [1.82, 2.24) is 9.47 Å². The molecule has 4 heteroatoms. The number of likely N-dealkylation sites (tertiary alicyclic amines) is 1. The lowest BCUT2D eigenvalue weighted by molar-refractivity contribution is 0.170. The van der Waals surface area contributed by atoms with Crippen LogP contribution in [-0.4, -0.2) is 35.7 Å². The molecule has 0 aliphatic carbocycles. The Morgan fingerprint density at radius 3 is 2.65 bits per heavy atom. The minimum Gasteiger partial charge on any atom is -0.494 e. The van der Waals surface area contributed by atoms with E-state index < -0.39 is 0 Å². The summed E-state index contributed by atoms with van der Waals surface area (Å²) in [5.41, 5.74) is 2.03. The first kappa shape index (κ1) is 18.7. The predicted octanol–water partition coefficient (Wildman–Crippen LogP) is 4.04. The lowest BCUT2D eigenvalue weighted by Gasteiger charge is -2.30. The number of rotatable bonds is 7. The van der Waals surface area contributed by atoms with Crippen LogP contribution in [0, 0.1) is 5.92 Å². The number of ether oxygens (including phenoxy) is 1. The zero-order valence-corrected chi connectivity index (χ0v) is 16.0. The molecule has 0 unspecified atom stereocenters. The largest absolute Gasteiger partial charge is 0.494 e.